The first-order chi connectivity index (χ1) is 40.1. The van der Waals surface area contributed by atoms with Crippen molar-refractivity contribution in [2.75, 3.05) is 60.0 Å². The zero-order valence-corrected chi connectivity index (χ0v) is 45.4. The average molecular weight is 1170 g/mol. The van der Waals surface area contributed by atoms with Gasteiger partial charge in [0.15, 0.2) is 34.5 Å². The number of phenolic OH excluding ortho intramolecular Hbond substituents is 8. The lowest BCUT2D eigenvalue weighted by molar-refractivity contribution is 0.0127. The molecular weight excluding hydrogens is 1100 g/mol. The largest absolute Gasteiger partial charge is 0.508 e. The van der Waals surface area contributed by atoms with Gasteiger partial charge in [-0.05, 0) is 127 Å². The van der Waals surface area contributed by atoms with Gasteiger partial charge in [0.25, 0.3) is 0 Å². The van der Waals surface area contributed by atoms with E-state index < -0.39 is 83.4 Å². The van der Waals surface area contributed by atoms with Gasteiger partial charge < -0.3 is 99.2 Å². The van der Waals surface area contributed by atoms with E-state index in [1.165, 1.54) is 26.2 Å². The summed E-state index contributed by atoms with van der Waals surface area (Å²) in [4.78, 5) is 36.3. The fraction of sp³-hybridized carbons (Fsp3) is 0.262. The molecule has 0 saturated carbocycles. The predicted octanol–water partition coefficient (Wildman–Crippen LogP) is 5.68. The van der Waals surface area contributed by atoms with Gasteiger partial charge in [0.1, 0.15) is 105 Å². The number of esters is 3. The highest BCUT2D eigenvalue weighted by Crippen LogP contribution is 2.37. The Hall–Kier alpha value is -9.65. The normalized spacial score (nSPS) is 12.3. The molecule has 84 heavy (non-hydrogen) atoms. The van der Waals surface area contributed by atoms with Crippen molar-refractivity contribution in [1.29, 1.82) is 0 Å². The van der Waals surface area contributed by atoms with E-state index in [0.29, 0.717) is 35.8 Å². The summed E-state index contributed by atoms with van der Waals surface area (Å²) in [7, 11) is 1.52. The van der Waals surface area contributed by atoms with Gasteiger partial charge in [-0.15, -0.1) is 0 Å². The van der Waals surface area contributed by atoms with Gasteiger partial charge in [-0.2, -0.15) is 0 Å². The number of hydrogen-bond acceptors (Lipinski definition) is 23. The Kier molecular flexibility index (Phi) is 23.4. The van der Waals surface area contributed by atoms with E-state index in [-0.39, 0.29) is 80.0 Å². The number of carbonyl (C=O) groups is 3. The molecule has 446 valence electrons. The van der Waals surface area contributed by atoms with Crippen LogP contribution in [0.4, 0.5) is 0 Å². The number of aliphatic hydroxyl groups excluding tert-OH is 4. The number of hydrogen-bond donors (Lipinski definition) is 12. The monoisotopic (exact) mass is 1160 g/mol. The third kappa shape index (κ3) is 19.8. The minimum atomic E-state index is -1.15. The van der Waals surface area contributed by atoms with Crippen LogP contribution in [0.1, 0.15) is 58.9 Å². The van der Waals surface area contributed by atoms with E-state index in [1.54, 1.807) is 36.4 Å². The van der Waals surface area contributed by atoms with Crippen molar-refractivity contribution >= 4 is 17.9 Å². The van der Waals surface area contributed by atoms with Crippen LogP contribution in [0.25, 0.3) is 0 Å². The van der Waals surface area contributed by atoms with Crippen LogP contribution in [-0.4, -0.2) is 164 Å². The highest BCUT2D eigenvalue weighted by Gasteiger charge is 2.20. The Labute approximate surface area is 481 Å². The molecule has 0 amide bonds. The second-order valence-corrected chi connectivity index (χ2v) is 18.9. The lowest BCUT2D eigenvalue weighted by atomic mass is 10.0. The van der Waals surface area contributed by atoms with Crippen LogP contribution >= 0.6 is 0 Å². The number of carbonyl (C=O) groups excluding carboxylic acids is 3. The number of aromatic hydroxyl groups is 8. The lowest BCUT2D eigenvalue weighted by Gasteiger charge is -2.14. The second kappa shape index (κ2) is 31.0. The summed E-state index contributed by atoms with van der Waals surface area (Å²) in [6, 6.07) is 35.4. The first-order valence-electron chi connectivity index (χ1n) is 25.8. The second-order valence-electron chi connectivity index (χ2n) is 18.9. The molecule has 23 nitrogen and oxygen atoms in total. The van der Waals surface area contributed by atoms with Crippen LogP contribution < -0.4 is 18.9 Å². The summed E-state index contributed by atoms with van der Waals surface area (Å²) in [5.41, 5.74) is 3.89. The molecule has 0 fully saturated rings. The quantitative estimate of drug-likeness (QED) is 0.0167. The van der Waals surface area contributed by atoms with Crippen molar-refractivity contribution in [3.05, 3.63) is 178 Å². The zero-order chi connectivity index (χ0) is 60.9. The molecule has 7 rings (SSSR count). The summed E-state index contributed by atoms with van der Waals surface area (Å²) in [6.07, 6.45) is -2.77. The molecule has 0 aromatic heterocycles. The van der Waals surface area contributed by atoms with E-state index in [1.807, 2.05) is 60.7 Å². The van der Waals surface area contributed by atoms with Crippen molar-refractivity contribution in [1.82, 2.24) is 0 Å². The van der Waals surface area contributed by atoms with E-state index in [0.717, 1.165) is 46.5 Å². The summed E-state index contributed by atoms with van der Waals surface area (Å²) in [5.74, 6) is -5.16. The van der Waals surface area contributed by atoms with Gasteiger partial charge in [-0.3, -0.25) is 0 Å². The molecule has 0 spiro atoms. The first-order valence-corrected chi connectivity index (χ1v) is 25.8. The van der Waals surface area contributed by atoms with Crippen LogP contribution in [0.3, 0.4) is 0 Å². The standard InChI is InChI=1S/C34H34O13.C27H30O10/c1-19-28(37)11-22(12-29(19)38)33(42)46-17-24(35)15-44-26-6-2-20(3-7-26)10-21-4-8-27(9-5-21)45-16-25(36)18-47-34(43)23-13-30(39)32(41)31(40)14-23;1-34-13-20(28)14-35-22-6-2-17(3-7-22)10-18-4-8-23(9-5-18)36-15-21(29)16-37-27(33)19-11-24(30)26(32)25(31)12-19/h2-9,11-14,24-25,35-41H,10,15-18H2,1H3;2-9,11-12,20-21,28-32H,10,13-16H2,1H3. The molecule has 0 aliphatic heterocycles. The molecule has 4 unspecified atom stereocenters. The number of aliphatic hydroxyl groups is 4. The molecule has 23 heteroatoms. The van der Waals surface area contributed by atoms with Gasteiger partial charge in [-0.1, -0.05) is 48.5 Å². The zero-order valence-electron chi connectivity index (χ0n) is 45.4. The number of methoxy groups -OCH3 is 1. The van der Waals surface area contributed by atoms with E-state index in [4.69, 9.17) is 37.9 Å². The maximum atomic E-state index is 12.2. The van der Waals surface area contributed by atoms with Gasteiger partial charge in [0.05, 0.1) is 23.3 Å². The summed E-state index contributed by atoms with van der Waals surface area (Å²) >= 11 is 0. The van der Waals surface area contributed by atoms with Crippen molar-refractivity contribution < 1.29 is 114 Å². The number of ether oxygens (including phenoxy) is 8. The highest BCUT2D eigenvalue weighted by atomic mass is 16.6. The van der Waals surface area contributed by atoms with Gasteiger partial charge in [0.2, 0.25) is 0 Å². The molecule has 7 aromatic rings. The maximum Gasteiger partial charge on any atom is 0.338 e. The summed E-state index contributed by atoms with van der Waals surface area (Å²) in [6.45, 7) is 0.306. The first kappa shape index (κ1) is 63.5. The van der Waals surface area contributed by atoms with E-state index in [9.17, 15) is 75.7 Å². The molecular formula is C61H64O23. The average Bonchev–Trinajstić information content (AvgIpc) is 3.55. The third-order valence-electron chi connectivity index (χ3n) is 12.1. The van der Waals surface area contributed by atoms with Crippen LogP contribution in [0, 0.1) is 6.92 Å². The minimum absolute atomic E-state index is 0.0503. The van der Waals surface area contributed by atoms with E-state index in [2.05, 4.69) is 0 Å². The molecule has 0 aliphatic carbocycles. The molecule has 12 N–H and O–H groups in total. The molecule has 4 atom stereocenters. The van der Waals surface area contributed by atoms with Crippen LogP contribution in [-0.2, 0) is 31.8 Å². The van der Waals surface area contributed by atoms with Crippen molar-refractivity contribution in [3.8, 4) is 69.0 Å². The van der Waals surface area contributed by atoms with Crippen LogP contribution in [0.5, 0.6) is 69.0 Å². The minimum Gasteiger partial charge on any atom is -0.508 e. The van der Waals surface area contributed by atoms with E-state index >= 15 is 0 Å². The Morgan fingerprint density at radius 2 is 0.571 bits per heavy atom. The predicted molar refractivity (Wildman–Crippen MR) is 297 cm³/mol. The summed E-state index contributed by atoms with van der Waals surface area (Å²) < 4.78 is 42.0. The molecule has 0 radical (unpaired) electrons. The van der Waals surface area contributed by atoms with Crippen molar-refractivity contribution in [2.24, 2.45) is 0 Å². The fourth-order valence-electron chi connectivity index (χ4n) is 7.45. The van der Waals surface area contributed by atoms with Gasteiger partial charge >= 0.3 is 17.9 Å². The lowest BCUT2D eigenvalue weighted by Crippen LogP contribution is -2.25. The Balaban J connectivity index is 0.000000277. The SMILES string of the molecule is COCC(O)COc1ccc(Cc2ccc(OCC(O)COC(=O)c3cc(O)c(O)c(O)c3)cc2)cc1.Cc1c(O)cc(C(=O)OCC(O)COc2ccc(Cc3ccc(OCC(O)COC(=O)c4cc(O)c(O)c(O)c4)cc3)cc2)cc1O. The Morgan fingerprint density at radius 1 is 0.345 bits per heavy atom. The third-order valence-corrected chi connectivity index (χ3v) is 12.1. The van der Waals surface area contributed by atoms with Crippen molar-refractivity contribution in [2.45, 2.75) is 44.2 Å². The number of rotatable bonds is 27. The molecule has 0 heterocycles. The van der Waals surface area contributed by atoms with Crippen LogP contribution in [0.2, 0.25) is 0 Å². The Morgan fingerprint density at radius 3 is 0.810 bits per heavy atom. The molecule has 0 saturated heterocycles. The molecule has 0 aliphatic rings. The smallest absolute Gasteiger partial charge is 0.338 e. The highest BCUT2D eigenvalue weighted by molar-refractivity contribution is 5.92. The summed E-state index contributed by atoms with van der Waals surface area (Å²) in [5, 5.41) is 116. The van der Waals surface area contributed by atoms with Gasteiger partial charge in [0, 0.05) is 12.7 Å². The fourth-order valence-corrected chi connectivity index (χ4v) is 7.45. The molecule has 0 bridgehead atoms. The maximum absolute atomic E-state index is 12.2. The van der Waals surface area contributed by atoms with Gasteiger partial charge in [-0.25, -0.2) is 14.4 Å². The molecule has 7 aromatic carbocycles. The Bertz CT molecular complexity index is 3060. The van der Waals surface area contributed by atoms with Crippen LogP contribution in [0.15, 0.2) is 133 Å². The number of benzene rings is 7. The van der Waals surface area contributed by atoms with Crippen molar-refractivity contribution in [3.63, 3.8) is 0 Å². The topological polar surface area (TPSA) is 368 Å². The number of phenols is 8.